The van der Waals surface area contributed by atoms with E-state index in [2.05, 4.69) is 40.8 Å². The van der Waals surface area contributed by atoms with Gasteiger partial charge in [0.25, 0.3) is 0 Å². The molecule has 0 aliphatic heterocycles. The van der Waals surface area contributed by atoms with Gasteiger partial charge in [-0.3, -0.25) is 0 Å². The zero-order valence-corrected chi connectivity index (χ0v) is 9.82. The quantitative estimate of drug-likeness (QED) is 0.707. The van der Waals surface area contributed by atoms with Crippen molar-refractivity contribution >= 4 is 16.7 Å². The zero-order chi connectivity index (χ0) is 10.4. The number of nitrogens with one attached hydrogen (secondary N) is 2. The van der Waals surface area contributed by atoms with Gasteiger partial charge in [-0.25, -0.2) is 4.98 Å². The predicted octanol–water partition coefficient (Wildman–Crippen LogP) is 1.68. The molecule has 0 unspecified atom stereocenters. The standard InChI is InChI=1S/C9H18N4S/c1-4-10-5-6-11-9-12-8(7(2)3)13-14-9/h7,10H,4-6H2,1-3H3,(H,11,12,13). The highest BCUT2D eigenvalue weighted by Crippen LogP contribution is 2.16. The van der Waals surface area contributed by atoms with Crippen LogP contribution in [-0.2, 0) is 0 Å². The number of likely N-dealkylation sites (N-methyl/N-ethyl adjacent to an activating group) is 1. The summed E-state index contributed by atoms with van der Waals surface area (Å²) >= 11 is 1.44. The first-order valence-corrected chi connectivity index (χ1v) is 5.79. The van der Waals surface area contributed by atoms with Gasteiger partial charge in [0.05, 0.1) is 0 Å². The van der Waals surface area contributed by atoms with Crippen molar-refractivity contribution in [1.82, 2.24) is 14.7 Å². The van der Waals surface area contributed by atoms with Gasteiger partial charge in [-0.1, -0.05) is 20.8 Å². The second kappa shape index (κ2) is 5.93. The van der Waals surface area contributed by atoms with Crippen LogP contribution in [-0.4, -0.2) is 29.0 Å². The first kappa shape index (κ1) is 11.4. The van der Waals surface area contributed by atoms with Gasteiger partial charge in [0.15, 0.2) is 0 Å². The predicted molar refractivity (Wildman–Crippen MR) is 61.0 cm³/mol. The van der Waals surface area contributed by atoms with E-state index in [1.165, 1.54) is 11.5 Å². The maximum absolute atomic E-state index is 4.38. The fraction of sp³-hybridized carbons (Fsp3) is 0.778. The maximum Gasteiger partial charge on any atom is 0.202 e. The van der Waals surface area contributed by atoms with Crippen molar-refractivity contribution in [2.75, 3.05) is 25.0 Å². The Bertz CT molecular complexity index is 259. The lowest BCUT2D eigenvalue weighted by molar-refractivity contribution is 0.737. The number of anilines is 1. The summed E-state index contributed by atoms with van der Waals surface area (Å²) in [5, 5.41) is 7.40. The van der Waals surface area contributed by atoms with Crippen LogP contribution in [0, 0.1) is 0 Å². The minimum atomic E-state index is 0.413. The van der Waals surface area contributed by atoms with Crippen molar-refractivity contribution in [1.29, 1.82) is 0 Å². The molecule has 0 aliphatic rings. The Balaban J connectivity index is 2.29. The molecule has 0 bridgehead atoms. The molecule has 2 N–H and O–H groups in total. The van der Waals surface area contributed by atoms with Crippen LogP contribution < -0.4 is 10.6 Å². The molecule has 1 aromatic heterocycles. The highest BCUT2D eigenvalue weighted by Gasteiger charge is 2.06. The molecule has 1 aromatic rings. The van der Waals surface area contributed by atoms with E-state index >= 15 is 0 Å². The summed E-state index contributed by atoms with van der Waals surface area (Å²) in [6.45, 7) is 9.18. The molecule has 0 atom stereocenters. The molecule has 0 amide bonds. The first-order chi connectivity index (χ1) is 6.74. The van der Waals surface area contributed by atoms with Gasteiger partial charge in [-0.15, -0.1) is 0 Å². The fourth-order valence-electron chi connectivity index (χ4n) is 0.976. The molecule has 0 aliphatic carbocycles. The Morgan fingerprint density at radius 3 is 2.71 bits per heavy atom. The van der Waals surface area contributed by atoms with E-state index in [0.29, 0.717) is 5.92 Å². The molecule has 0 saturated heterocycles. The number of rotatable bonds is 6. The molecule has 0 aromatic carbocycles. The Morgan fingerprint density at radius 1 is 1.36 bits per heavy atom. The SMILES string of the molecule is CCNCCNc1nc(C(C)C)ns1. The summed E-state index contributed by atoms with van der Waals surface area (Å²) in [7, 11) is 0. The van der Waals surface area contributed by atoms with E-state index in [1.807, 2.05) is 0 Å². The molecule has 0 spiro atoms. The average molecular weight is 214 g/mol. The largest absolute Gasteiger partial charge is 0.359 e. The number of hydrogen-bond acceptors (Lipinski definition) is 5. The van der Waals surface area contributed by atoms with E-state index in [-0.39, 0.29) is 0 Å². The van der Waals surface area contributed by atoms with E-state index in [1.54, 1.807) is 0 Å². The molecule has 0 fully saturated rings. The van der Waals surface area contributed by atoms with Gasteiger partial charge in [0.1, 0.15) is 5.82 Å². The third-order valence-electron chi connectivity index (χ3n) is 1.79. The highest BCUT2D eigenvalue weighted by molar-refractivity contribution is 7.09. The summed E-state index contributed by atoms with van der Waals surface area (Å²) in [6.07, 6.45) is 0. The minimum Gasteiger partial charge on any atom is -0.359 e. The van der Waals surface area contributed by atoms with E-state index in [9.17, 15) is 0 Å². The van der Waals surface area contributed by atoms with Gasteiger partial charge in [-0.2, -0.15) is 4.37 Å². The third-order valence-corrected chi connectivity index (χ3v) is 2.47. The van der Waals surface area contributed by atoms with E-state index in [4.69, 9.17) is 0 Å². The number of aromatic nitrogens is 2. The van der Waals surface area contributed by atoms with Crippen LogP contribution in [0.1, 0.15) is 32.5 Å². The second-order valence-electron chi connectivity index (χ2n) is 3.39. The summed E-state index contributed by atoms with van der Waals surface area (Å²) in [4.78, 5) is 4.38. The monoisotopic (exact) mass is 214 g/mol. The number of hydrogen-bond donors (Lipinski definition) is 2. The zero-order valence-electron chi connectivity index (χ0n) is 9.00. The fourth-order valence-corrected chi connectivity index (χ4v) is 1.71. The van der Waals surface area contributed by atoms with Crippen molar-refractivity contribution in [3.05, 3.63) is 5.82 Å². The van der Waals surface area contributed by atoms with Crippen LogP contribution in [0.15, 0.2) is 0 Å². The van der Waals surface area contributed by atoms with Crippen LogP contribution >= 0.6 is 11.5 Å². The molecule has 1 heterocycles. The topological polar surface area (TPSA) is 49.8 Å². The van der Waals surface area contributed by atoms with Crippen LogP contribution in [0.3, 0.4) is 0 Å². The molecule has 4 nitrogen and oxygen atoms in total. The van der Waals surface area contributed by atoms with Crippen LogP contribution in [0.5, 0.6) is 0 Å². The van der Waals surface area contributed by atoms with Crippen molar-refractivity contribution in [2.45, 2.75) is 26.7 Å². The van der Waals surface area contributed by atoms with Gasteiger partial charge in [0, 0.05) is 30.5 Å². The maximum atomic E-state index is 4.38. The Morgan fingerprint density at radius 2 is 2.14 bits per heavy atom. The summed E-state index contributed by atoms with van der Waals surface area (Å²) in [6, 6.07) is 0. The average Bonchev–Trinajstić information content (AvgIpc) is 2.61. The molecule has 0 saturated carbocycles. The Labute approximate surface area is 89.3 Å². The van der Waals surface area contributed by atoms with Crippen molar-refractivity contribution in [3.8, 4) is 0 Å². The van der Waals surface area contributed by atoms with E-state index in [0.717, 1.165) is 30.6 Å². The van der Waals surface area contributed by atoms with Gasteiger partial charge in [0.2, 0.25) is 5.13 Å². The van der Waals surface area contributed by atoms with Crippen molar-refractivity contribution < 1.29 is 0 Å². The van der Waals surface area contributed by atoms with Gasteiger partial charge < -0.3 is 10.6 Å². The molecule has 0 radical (unpaired) electrons. The van der Waals surface area contributed by atoms with Crippen LogP contribution in [0.2, 0.25) is 0 Å². The highest BCUT2D eigenvalue weighted by atomic mass is 32.1. The van der Waals surface area contributed by atoms with E-state index < -0.39 is 0 Å². The summed E-state index contributed by atoms with van der Waals surface area (Å²) < 4.78 is 4.26. The first-order valence-electron chi connectivity index (χ1n) is 5.02. The molecule has 80 valence electrons. The molecule has 5 heteroatoms. The van der Waals surface area contributed by atoms with Crippen LogP contribution in [0.4, 0.5) is 5.13 Å². The number of nitrogens with zero attached hydrogens (tertiary/aromatic N) is 2. The normalized spacial score (nSPS) is 10.9. The summed E-state index contributed by atoms with van der Waals surface area (Å²) in [5.74, 6) is 1.34. The molecule has 1 rings (SSSR count). The molecular formula is C9H18N4S. The van der Waals surface area contributed by atoms with Crippen molar-refractivity contribution in [2.24, 2.45) is 0 Å². The summed E-state index contributed by atoms with van der Waals surface area (Å²) in [5.41, 5.74) is 0. The Hall–Kier alpha value is -0.680. The van der Waals surface area contributed by atoms with Crippen molar-refractivity contribution in [3.63, 3.8) is 0 Å². The lowest BCUT2D eigenvalue weighted by atomic mass is 10.2. The molecular weight excluding hydrogens is 196 g/mol. The minimum absolute atomic E-state index is 0.413. The smallest absolute Gasteiger partial charge is 0.202 e. The lowest BCUT2D eigenvalue weighted by Crippen LogP contribution is -2.21. The van der Waals surface area contributed by atoms with Gasteiger partial charge in [-0.05, 0) is 6.54 Å². The molecule has 14 heavy (non-hydrogen) atoms. The van der Waals surface area contributed by atoms with Crippen LogP contribution in [0.25, 0.3) is 0 Å². The third kappa shape index (κ3) is 3.59. The Kier molecular flexibility index (Phi) is 4.82. The second-order valence-corrected chi connectivity index (χ2v) is 4.14. The lowest BCUT2D eigenvalue weighted by Gasteiger charge is -2.01. The van der Waals surface area contributed by atoms with Gasteiger partial charge >= 0.3 is 0 Å².